The van der Waals surface area contributed by atoms with Crippen LogP contribution >= 0.6 is 0 Å². The summed E-state index contributed by atoms with van der Waals surface area (Å²) < 4.78 is 1.46. The lowest BCUT2D eigenvalue weighted by molar-refractivity contribution is 0.0688. The molecule has 1 aliphatic heterocycles. The van der Waals surface area contributed by atoms with Crippen molar-refractivity contribution in [2.24, 2.45) is 13.0 Å². The van der Waals surface area contributed by atoms with E-state index in [0.717, 1.165) is 24.6 Å². The van der Waals surface area contributed by atoms with Crippen LogP contribution < -0.4 is 5.56 Å². The quantitative estimate of drug-likeness (QED) is 0.721. The van der Waals surface area contributed by atoms with E-state index in [0.29, 0.717) is 24.7 Å². The van der Waals surface area contributed by atoms with E-state index in [-0.39, 0.29) is 17.0 Å². The van der Waals surface area contributed by atoms with Crippen LogP contribution in [-0.2, 0) is 13.5 Å². The van der Waals surface area contributed by atoms with Crippen molar-refractivity contribution in [2.45, 2.75) is 19.3 Å². The van der Waals surface area contributed by atoms with Crippen molar-refractivity contribution in [3.8, 4) is 0 Å². The van der Waals surface area contributed by atoms with Crippen LogP contribution in [0.4, 0.5) is 0 Å². The third kappa shape index (κ3) is 3.50. The van der Waals surface area contributed by atoms with Crippen molar-refractivity contribution in [2.75, 3.05) is 13.1 Å². The van der Waals surface area contributed by atoms with Crippen LogP contribution in [0.15, 0.2) is 59.5 Å². The lowest BCUT2D eigenvalue weighted by Crippen LogP contribution is -2.41. The minimum Gasteiger partial charge on any atom is -0.338 e. The summed E-state index contributed by atoms with van der Waals surface area (Å²) in [6, 6.07) is 15.9. The SMILES string of the molecule is Cn1c(=O)c(C(=O)N2CCC(Cc3ccccc3)CC2)cc2cccnc21. The molecule has 2 aromatic heterocycles. The number of hydrogen-bond acceptors (Lipinski definition) is 3. The molecule has 0 radical (unpaired) electrons. The predicted molar refractivity (Wildman–Crippen MR) is 106 cm³/mol. The van der Waals surface area contributed by atoms with Crippen LogP contribution in [0.1, 0.15) is 28.8 Å². The van der Waals surface area contributed by atoms with Crippen LogP contribution in [0.25, 0.3) is 11.0 Å². The molecule has 0 aliphatic carbocycles. The molecule has 1 saturated heterocycles. The minimum atomic E-state index is -0.280. The van der Waals surface area contributed by atoms with Gasteiger partial charge in [-0.1, -0.05) is 30.3 Å². The second kappa shape index (κ2) is 7.35. The van der Waals surface area contributed by atoms with E-state index in [4.69, 9.17) is 0 Å². The van der Waals surface area contributed by atoms with Crippen molar-refractivity contribution in [1.82, 2.24) is 14.5 Å². The molecule has 0 spiro atoms. The number of likely N-dealkylation sites (tertiary alicyclic amines) is 1. The van der Waals surface area contributed by atoms with Crippen molar-refractivity contribution in [3.05, 3.63) is 76.2 Å². The van der Waals surface area contributed by atoms with Crippen LogP contribution in [0.3, 0.4) is 0 Å². The van der Waals surface area contributed by atoms with E-state index in [1.807, 2.05) is 23.1 Å². The number of aryl methyl sites for hydroxylation is 1. The lowest BCUT2D eigenvalue weighted by Gasteiger charge is -2.32. The number of hydrogen-bond donors (Lipinski definition) is 0. The van der Waals surface area contributed by atoms with Crippen molar-refractivity contribution >= 4 is 16.9 Å². The summed E-state index contributed by atoms with van der Waals surface area (Å²) in [4.78, 5) is 31.7. The van der Waals surface area contributed by atoms with Gasteiger partial charge in [0.15, 0.2) is 0 Å². The van der Waals surface area contributed by atoms with Gasteiger partial charge in [0.1, 0.15) is 11.2 Å². The van der Waals surface area contributed by atoms with Gasteiger partial charge < -0.3 is 4.90 Å². The summed E-state index contributed by atoms with van der Waals surface area (Å²) in [5.41, 5.74) is 1.90. The molecule has 1 aliphatic rings. The molecule has 138 valence electrons. The Labute approximate surface area is 158 Å². The first kappa shape index (κ1) is 17.5. The molecule has 0 unspecified atom stereocenters. The summed E-state index contributed by atoms with van der Waals surface area (Å²) in [7, 11) is 1.67. The maximum atomic E-state index is 13.0. The Morgan fingerprint density at radius 2 is 1.85 bits per heavy atom. The van der Waals surface area contributed by atoms with Crippen molar-refractivity contribution < 1.29 is 4.79 Å². The Morgan fingerprint density at radius 1 is 1.11 bits per heavy atom. The fourth-order valence-electron chi connectivity index (χ4n) is 3.91. The third-order valence-electron chi connectivity index (χ3n) is 5.47. The zero-order valence-electron chi connectivity index (χ0n) is 15.5. The molecule has 5 nitrogen and oxygen atoms in total. The Hall–Kier alpha value is -2.95. The average molecular weight is 361 g/mol. The largest absolute Gasteiger partial charge is 0.338 e. The van der Waals surface area contributed by atoms with Gasteiger partial charge in [-0.15, -0.1) is 0 Å². The molecule has 0 atom stereocenters. The van der Waals surface area contributed by atoms with Crippen molar-refractivity contribution in [3.63, 3.8) is 0 Å². The minimum absolute atomic E-state index is 0.167. The Bertz CT molecular complexity index is 1020. The third-order valence-corrected chi connectivity index (χ3v) is 5.47. The highest BCUT2D eigenvalue weighted by molar-refractivity contribution is 5.96. The highest BCUT2D eigenvalue weighted by Gasteiger charge is 2.26. The highest BCUT2D eigenvalue weighted by atomic mass is 16.2. The molecule has 27 heavy (non-hydrogen) atoms. The zero-order chi connectivity index (χ0) is 18.8. The van der Waals surface area contributed by atoms with Crippen LogP contribution in [0, 0.1) is 5.92 Å². The first-order valence-corrected chi connectivity index (χ1v) is 9.41. The van der Waals surface area contributed by atoms with Crippen LogP contribution in [-0.4, -0.2) is 33.4 Å². The molecule has 4 rings (SSSR count). The van der Waals surface area contributed by atoms with Gasteiger partial charge in [-0.05, 0) is 48.9 Å². The van der Waals surface area contributed by atoms with Gasteiger partial charge in [-0.2, -0.15) is 0 Å². The average Bonchev–Trinajstić information content (AvgIpc) is 2.71. The van der Waals surface area contributed by atoms with E-state index in [1.54, 1.807) is 19.3 Å². The number of rotatable bonds is 3. The first-order valence-electron chi connectivity index (χ1n) is 9.41. The monoisotopic (exact) mass is 361 g/mol. The number of aromatic nitrogens is 2. The van der Waals surface area contributed by atoms with E-state index < -0.39 is 0 Å². The number of pyridine rings is 2. The maximum Gasteiger partial charge on any atom is 0.264 e. The van der Waals surface area contributed by atoms with Gasteiger partial charge in [0.2, 0.25) is 0 Å². The van der Waals surface area contributed by atoms with Gasteiger partial charge in [0.25, 0.3) is 11.5 Å². The van der Waals surface area contributed by atoms with Gasteiger partial charge >= 0.3 is 0 Å². The molecule has 1 aromatic carbocycles. The Balaban J connectivity index is 1.49. The zero-order valence-corrected chi connectivity index (χ0v) is 15.5. The van der Waals surface area contributed by atoms with Gasteiger partial charge in [-0.25, -0.2) is 4.98 Å². The molecule has 0 bridgehead atoms. The number of piperidine rings is 1. The predicted octanol–water partition coefficient (Wildman–Crippen LogP) is 3.03. The smallest absolute Gasteiger partial charge is 0.264 e. The number of carbonyl (C=O) groups is 1. The summed E-state index contributed by atoms with van der Waals surface area (Å²) in [5.74, 6) is 0.416. The number of fused-ring (bicyclic) bond motifs is 1. The van der Waals surface area contributed by atoms with E-state index in [1.165, 1.54) is 10.1 Å². The molecular weight excluding hydrogens is 338 g/mol. The number of nitrogens with zero attached hydrogens (tertiary/aromatic N) is 3. The Kier molecular flexibility index (Phi) is 4.75. The maximum absolute atomic E-state index is 13.0. The summed E-state index contributed by atoms with van der Waals surface area (Å²) in [6.07, 6.45) is 4.64. The number of amides is 1. The van der Waals surface area contributed by atoms with E-state index in [2.05, 4.69) is 29.2 Å². The summed E-state index contributed by atoms with van der Waals surface area (Å²) in [6.45, 7) is 1.40. The topological polar surface area (TPSA) is 55.2 Å². The summed E-state index contributed by atoms with van der Waals surface area (Å²) >= 11 is 0. The molecule has 5 heteroatoms. The molecule has 3 aromatic rings. The van der Waals surface area contributed by atoms with Gasteiger partial charge in [-0.3, -0.25) is 14.2 Å². The lowest BCUT2D eigenvalue weighted by atomic mass is 9.90. The fraction of sp³-hybridized carbons (Fsp3) is 0.318. The van der Waals surface area contributed by atoms with Crippen LogP contribution in [0.2, 0.25) is 0 Å². The normalized spacial score (nSPS) is 15.2. The second-order valence-corrected chi connectivity index (χ2v) is 7.26. The molecule has 0 saturated carbocycles. The summed E-state index contributed by atoms with van der Waals surface area (Å²) in [5, 5.41) is 0.807. The standard InChI is InChI=1S/C22H23N3O2/c1-24-20-18(8-5-11-23-20)15-19(21(24)26)22(27)25-12-9-17(10-13-25)14-16-6-3-2-4-7-16/h2-8,11,15,17H,9-10,12-14H2,1H3. The van der Waals surface area contributed by atoms with Gasteiger partial charge in [0.05, 0.1) is 0 Å². The van der Waals surface area contributed by atoms with Crippen LogP contribution in [0.5, 0.6) is 0 Å². The molecule has 1 fully saturated rings. The second-order valence-electron chi connectivity index (χ2n) is 7.26. The molecule has 3 heterocycles. The number of carbonyl (C=O) groups excluding carboxylic acids is 1. The molecular formula is C22H23N3O2. The first-order chi connectivity index (χ1) is 13.1. The highest BCUT2D eigenvalue weighted by Crippen LogP contribution is 2.23. The Morgan fingerprint density at radius 3 is 2.59 bits per heavy atom. The van der Waals surface area contributed by atoms with Crippen molar-refractivity contribution in [1.29, 1.82) is 0 Å². The van der Waals surface area contributed by atoms with E-state index in [9.17, 15) is 9.59 Å². The van der Waals surface area contributed by atoms with Gasteiger partial charge in [0, 0.05) is 31.7 Å². The number of benzene rings is 1. The fourth-order valence-corrected chi connectivity index (χ4v) is 3.91. The van der Waals surface area contributed by atoms with E-state index >= 15 is 0 Å². The molecule has 0 N–H and O–H groups in total. The molecule has 1 amide bonds.